The molecule has 0 spiro atoms. The topological polar surface area (TPSA) is 89.3 Å². The molecule has 1 atom stereocenters. The first-order chi connectivity index (χ1) is 10.0. The number of nitrogens with one attached hydrogen (secondary N) is 1. The molecule has 0 aliphatic rings. The Kier molecular flexibility index (Phi) is 8.24. The molecule has 0 fully saturated rings. The molecule has 0 saturated heterocycles. The summed E-state index contributed by atoms with van der Waals surface area (Å²) in [6.07, 6.45) is 1.27. The van der Waals surface area contributed by atoms with Gasteiger partial charge in [0.2, 0.25) is 5.91 Å². The van der Waals surface area contributed by atoms with E-state index in [9.17, 15) is 13.2 Å². The smallest absolute Gasteiger partial charge is 0.236 e. The zero-order valence-corrected chi connectivity index (χ0v) is 15.8. The Morgan fingerprint density at radius 2 is 1.78 bits per heavy atom. The van der Waals surface area contributed by atoms with Gasteiger partial charge in [0.1, 0.15) is 9.84 Å². The Morgan fingerprint density at radius 3 is 2.26 bits per heavy atom. The molecule has 1 rings (SSSR count). The minimum absolute atomic E-state index is 0. The number of carbonyl (C=O) groups excluding carboxylic acids is 1. The van der Waals surface area contributed by atoms with Crippen molar-refractivity contribution < 1.29 is 13.2 Å². The number of benzene rings is 1. The first-order valence-electron chi connectivity index (χ1n) is 7.29. The zero-order chi connectivity index (χ0) is 17.0. The largest absolute Gasteiger partial charge is 0.354 e. The Bertz CT molecular complexity index is 613. The number of amides is 1. The molecule has 0 aliphatic heterocycles. The van der Waals surface area contributed by atoms with Gasteiger partial charge in [0.15, 0.2) is 0 Å². The third-order valence-corrected chi connectivity index (χ3v) is 4.65. The highest BCUT2D eigenvalue weighted by Gasteiger charge is 2.23. The number of aryl methyl sites for hydroxylation is 1. The maximum absolute atomic E-state index is 12.0. The minimum Gasteiger partial charge on any atom is -0.354 e. The van der Waals surface area contributed by atoms with Gasteiger partial charge in [0.25, 0.3) is 0 Å². The van der Waals surface area contributed by atoms with Crippen molar-refractivity contribution in [1.29, 1.82) is 0 Å². The monoisotopic (exact) mass is 362 g/mol. The van der Waals surface area contributed by atoms with Gasteiger partial charge in [-0.2, -0.15) is 0 Å². The molecule has 5 nitrogen and oxygen atoms in total. The fourth-order valence-corrected chi connectivity index (χ4v) is 2.70. The van der Waals surface area contributed by atoms with Gasteiger partial charge in [0, 0.05) is 18.2 Å². The van der Waals surface area contributed by atoms with Crippen molar-refractivity contribution in [3.63, 3.8) is 0 Å². The summed E-state index contributed by atoms with van der Waals surface area (Å²) in [5.74, 6) is -0.396. The molecule has 0 aliphatic carbocycles. The van der Waals surface area contributed by atoms with Gasteiger partial charge in [-0.3, -0.25) is 4.79 Å². The maximum Gasteiger partial charge on any atom is 0.236 e. The van der Waals surface area contributed by atoms with E-state index in [1.807, 2.05) is 45.0 Å². The Balaban J connectivity index is 0.00000484. The van der Waals surface area contributed by atoms with E-state index in [0.717, 1.165) is 11.8 Å². The van der Waals surface area contributed by atoms with Crippen LogP contribution in [0.4, 0.5) is 0 Å². The third kappa shape index (κ3) is 7.81. The van der Waals surface area contributed by atoms with Crippen LogP contribution in [0.25, 0.3) is 0 Å². The first-order valence-corrected chi connectivity index (χ1v) is 9.35. The molecule has 132 valence electrons. The second kappa shape index (κ2) is 8.66. The Hall–Kier alpha value is -1.11. The second-order valence-electron chi connectivity index (χ2n) is 6.49. The lowest BCUT2D eigenvalue weighted by atomic mass is 9.84. The van der Waals surface area contributed by atoms with Gasteiger partial charge < -0.3 is 11.1 Å². The molecule has 0 aromatic heterocycles. The molecule has 0 bridgehead atoms. The van der Waals surface area contributed by atoms with E-state index in [-0.39, 0.29) is 35.9 Å². The molecule has 0 heterocycles. The number of hydrogen-bond acceptors (Lipinski definition) is 4. The van der Waals surface area contributed by atoms with E-state index in [1.54, 1.807) is 0 Å². The van der Waals surface area contributed by atoms with Crippen LogP contribution < -0.4 is 11.1 Å². The van der Waals surface area contributed by atoms with Gasteiger partial charge >= 0.3 is 0 Å². The Labute approximate surface area is 145 Å². The lowest BCUT2D eigenvalue weighted by Gasteiger charge is -2.26. The number of carbonyl (C=O) groups is 1. The van der Waals surface area contributed by atoms with Gasteiger partial charge in [-0.15, -0.1) is 12.4 Å². The molecule has 3 N–H and O–H groups in total. The van der Waals surface area contributed by atoms with Crippen LogP contribution in [-0.4, -0.2) is 38.9 Å². The highest BCUT2D eigenvalue weighted by molar-refractivity contribution is 7.90. The van der Waals surface area contributed by atoms with Crippen molar-refractivity contribution in [2.24, 2.45) is 5.73 Å². The van der Waals surface area contributed by atoms with Crippen molar-refractivity contribution in [1.82, 2.24) is 5.32 Å². The number of hydrogen-bond donors (Lipinski definition) is 2. The summed E-state index contributed by atoms with van der Waals surface area (Å²) < 4.78 is 22.2. The molecule has 1 aromatic carbocycles. The van der Waals surface area contributed by atoms with E-state index < -0.39 is 15.9 Å². The van der Waals surface area contributed by atoms with Crippen LogP contribution in [0.2, 0.25) is 0 Å². The predicted molar refractivity (Wildman–Crippen MR) is 96.8 cm³/mol. The maximum atomic E-state index is 12.0. The second-order valence-corrected chi connectivity index (χ2v) is 8.75. The van der Waals surface area contributed by atoms with Gasteiger partial charge in [-0.1, -0.05) is 43.7 Å². The summed E-state index contributed by atoms with van der Waals surface area (Å²) >= 11 is 0. The number of sulfone groups is 1. The quantitative estimate of drug-likeness (QED) is 0.770. The van der Waals surface area contributed by atoms with E-state index >= 15 is 0 Å². The van der Waals surface area contributed by atoms with Gasteiger partial charge in [-0.05, 0) is 18.9 Å². The Morgan fingerprint density at radius 1 is 1.26 bits per heavy atom. The normalized spacial score (nSPS) is 13.1. The summed E-state index contributed by atoms with van der Waals surface area (Å²) in [5, 5.41) is 2.81. The lowest BCUT2D eigenvalue weighted by molar-refractivity contribution is -0.122. The van der Waals surface area contributed by atoms with Crippen molar-refractivity contribution in [2.45, 2.75) is 38.6 Å². The van der Waals surface area contributed by atoms with Crippen molar-refractivity contribution in [2.75, 3.05) is 18.6 Å². The SMILES string of the molecule is Cc1ccc(C(C)(C)CNC(=O)C(N)CCS(C)(=O)=O)cc1.Cl. The number of rotatable bonds is 7. The predicted octanol–water partition coefficient (Wildman–Crippen LogP) is 1.57. The van der Waals surface area contributed by atoms with Crippen LogP contribution in [0.5, 0.6) is 0 Å². The van der Waals surface area contributed by atoms with Crippen LogP contribution in [0.3, 0.4) is 0 Å². The van der Waals surface area contributed by atoms with Crippen molar-refractivity contribution >= 4 is 28.2 Å². The number of nitrogens with two attached hydrogens (primary N) is 1. The zero-order valence-electron chi connectivity index (χ0n) is 14.1. The summed E-state index contributed by atoms with van der Waals surface area (Å²) in [6.45, 7) is 6.56. The minimum atomic E-state index is -3.10. The molecule has 1 amide bonds. The first kappa shape index (κ1) is 21.9. The molecule has 1 unspecified atom stereocenters. The standard InChI is InChI=1S/C16H26N2O3S.ClH/c1-12-5-7-13(8-6-12)16(2,3)11-18-15(19)14(17)9-10-22(4,20)21;/h5-8,14H,9-11,17H2,1-4H3,(H,18,19);1H. The number of halogens is 1. The molecular weight excluding hydrogens is 336 g/mol. The molecule has 23 heavy (non-hydrogen) atoms. The van der Waals surface area contributed by atoms with Crippen LogP contribution >= 0.6 is 12.4 Å². The average Bonchev–Trinajstić information content (AvgIpc) is 2.42. The third-order valence-electron chi connectivity index (χ3n) is 3.67. The summed E-state index contributed by atoms with van der Waals surface area (Å²) in [6, 6.07) is 7.37. The summed E-state index contributed by atoms with van der Waals surface area (Å²) in [5.41, 5.74) is 7.83. The average molecular weight is 363 g/mol. The van der Waals surface area contributed by atoms with E-state index in [0.29, 0.717) is 6.54 Å². The van der Waals surface area contributed by atoms with Crippen LogP contribution in [0.15, 0.2) is 24.3 Å². The van der Waals surface area contributed by atoms with Crippen LogP contribution in [0, 0.1) is 6.92 Å². The summed E-state index contributed by atoms with van der Waals surface area (Å²) in [4.78, 5) is 12.0. The van der Waals surface area contributed by atoms with E-state index in [2.05, 4.69) is 5.32 Å². The molecule has 7 heteroatoms. The van der Waals surface area contributed by atoms with Crippen molar-refractivity contribution in [3.05, 3.63) is 35.4 Å². The van der Waals surface area contributed by atoms with Crippen molar-refractivity contribution in [3.8, 4) is 0 Å². The summed E-state index contributed by atoms with van der Waals surface area (Å²) in [7, 11) is -3.10. The molecule has 0 saturated carbocycles. The van der Waals surface area contributed by atoms with Crippen LogP contribution in [0.1, 0.15) is 31.4 Å². The van der Waals surface area contributed by atoms with Gasteiger partial charge in [0.05, 0.1) is 11.8 Å². The highest BCUT2D eigenvalue weighted by Crippen LogP contribution is 2.22. The fourth-order valence-electron chi connectivity index (χ4n) is 2.02. The van der Waals surface area contributed by atoms with Gasteiger partial charge in [-0.25, -0.2) is 8.42 Å². The van der Waals surface area contributed by atoms with E-state index in [1.165, 1.54) is 5.56 Å². The highest BCUT2D eigenvalue weighted by atomic mass is 35.5. The fraction of sp³-hybridized carbons (Fsp3) is 0.562. The molecule has 1 aromatic rings. The van der Waals surface area contributed by atoms with E-state index in [4.69, 9.17) is 5.73 Å². The molecular formula is C16H27ClN2O3S. The van der Waals surface area contributed by atoms with Crippen LogP contribution in [-0.2, 0) is 20.0 Å². The lowest BCUT2D eigenvalue weighted by Crippen LogP contribution is -2.45. The molecule has 0 radical (unpaired) electrons.